The van der Waals surface area contributed by atoms with E-state index in [-0.39, 0.29) is 18.4 Å². The molecule has 1 aromatic rings. The van der Waals surface area contributed by atoms with Crippen LogP contribution in [-0.2, 0) is 15.8 Å². The van der Waals surface area contributed by atoms with E-state index in [9.17, 15) is 8.42 Å². The Kier molecular flexibility index (Phi) is 5.15. The number of hydrogen-bond donors (Lipinski definition) is 1. The van der Waals surface area contributed by atoms with Crippen LogP contribution in [0.1, 0.15) is 12.5 Å². The van der Waals surface area contributed by atoms with Crippen molar-refractivity contribution in [3.05, 3.63) is 35.9 Å². The fraction of sp³-hybridized carbons (Fsp3) is 0.571. The molecule has 1 N–H and O–H groups in total. The van der Waals surface area contributed by atoms with E-state index in [1.165, 1.54) is 0 Å². The van der Waals surface area contributed by atoms with Crippen molar-refractivity contribution >= 4 is 10.0 Å². The van der Waals surface area contributed by atoms with Crippen molar-refractivity contribution in [1.82, 2.24) is 9.21 Å². The Hall–Kier alpha value is -0.950. The summed E-state index contributed by atoms with van der Waals surface area (Å²) in [4.78, 5) is 2.12. The second-order valence-electron chi connectivity index (χ2n) is 5.21. The molecule has 5 nitrogen and oxygen atoms in total. The first kappa shape index (κ1) is 15.4. The third kappa shape index (κ3) is 3.79. The first-order valence-electron chi connectivity index (χ1n) is 6.89. The van der Waals surface area contributed by atoms with E-state index < -0.39 is 10.0 Å². The van der Waals surface area contributed by atoms with Gasteiger partial charge >= 0.3 is 0 Å². The van der Waals surface area contributed by atoms with Gasteiger partial charge in [0.05, 0.1) is 12.4 Å². The van der Waals surface area contributed by atoms with Gasteiger partial charge in [-0.15, -0.1) is 0 Å². The van der Waals surface area contributed by atoms with Crippen LogP contribution in [0, 0.1) is 0 Å². The molecule has 0 saturated carbocycles. The number of piperazine rings is 1. The molecule has 1 fully saturated rings. The standard InChI is InChI=1S/C14H22N2O3S/c1-13(11-17)15-7-9-16(10-8-15)20(18,19)12-14-5-3-2-4-6-14/h2-6,13,17H,7-12H2,1H3. The molecule has 0 amide bonds. The van der Waals surface area contributed by atoms with E-state index >= 15 is 0 Å². The van der Waals surface area contributed by atoms with Crippen LogP contribution in [0.25, 0.3) is 0 Å². The quantitative estimate of drug-likeness (QED) is 0.861. The summed E-state index contributed by atoms with van der Waals surface area (Å²) in [6.45, 7) is 4.41. The van der Waals surface area contributed by atoms with Gasteiger partial charge in [0.1, 0.15) is 0 Å². The number of aliphatic hydroxyl groups excluding tert-OH is 1. The van der Waals surface area contributed by atoms with Gasteiger partial charge in [0.25, 0.3) is 0 Å². The molecule has 0 aromatic heterocycles. The fourth-order valence-electron chi connectivity index (χ4n) is 2.41. The first-order chi connectivity index (χ1) is 9.53. The van der Waals surface area contributed by atoms with Crippen molar-refractivity contribution in [3.63, 3.8) is 0 Å². The van der Waals surface area contributed by atoms with Gasteiger partial charge in [-0.1, -0.05) is 30.3 Å². The van der Waals surface area contributed by atoms with E-state index in [2.05, 4.69) is 4.90 Å². The molecule has 112 valence electrons. The van der Waals surface area contributed by atoms with Crippen LogP contribution < -0.4 is 0 Å². The number of aliphatic hydroxyl groups is 1. The highest BCUT2D eigenvalue weighted by molar-refractivity contribution is 7.88. The lowest BCUT2D eigenvalue weighted by Gasteiger charge is -2.36. The van der Waals surface area contributed by atoms with Crippen LogP contribution in [0.3, 0.4) is 0 Å². The molecule has 0 bridgehead atoms. The van der Waals surface area contributed by atoms with Crippen molar-refractivity contribution in [2.24, 2.45) is 0 Å². The smallest absolute Gasteiger partial charge is 0.218 e. The molecule has 1 heterocycles. The summed E-state index contributed by atoms with van der Waals surface area (Å²) in [6, 6.07) is 9.35. The average molecular weight is 298 g/mol. The molecule has 0 spiro atoms. The Labute approximate surface area is 120 Å². The maximum absolute atomic E-state index is 12.4. The Balaban J connectivity index is 1.95. The minimum absolute atomic E-state index is 0.0589. The lowest BCUT2D eigenvalue weighted by atomic mass is 10.2. The number of hydrogen-bond acceptors (Lipinski definition) is 4. The third-order valence-electron chi connectivity index (χ3n) is 3.75. The number of nitrogens with zero attached hydrogens (tertiary/aromatic N) is 2. The van der Waals surface area contributed by atoms with Gasteiger partial charge in [-0.2, -0.15) is 4.31 Å². The monoisotopic (exact) mass is 298 g/mol. The second kappa shape index (κ2) is 6.67. The van der Waals surface area contributed by atoms with Gasteiger partial charge in [0.2, 0.25) is 10.0 Å². The summed E-state index contributed by atoms with van der Waals surface area (Å²) in [5, 5.41) is 9.13. The first-order valence-corrected chi connectivity index (χ1v) is 8.50. The van der Waals surface area contributed by atoms with Crippen LogP contribution in [0.15, 0.2) is 30.3 Å². The van der Waals surface area contributed by atoms with E-state index in [1.807, 2.05) is 37.3 Å². The van der Waals surface area contributed by atoms with Crippen molar-refractivity contribution < 1.29 is 13.5 Å². The lowest BCUT2D eigenvalue weighted by molar-refractivity contribution is 0.100. The van der Waals surface area contributed by atoms with E-state index in [1.54, 1.807) is 4.31 Å². The Morgan fingerprint density at radius 1 is 1.15 bits per heavy atom. The van der Waals surface area contributed by atoms with Crippen LogP contribution in [0.5, 0.6) is 0 Å². The molecule has 1 unspecified atom stereocenters. The second-order valence-corrected chi connectivity index (χ2v) is 7.18. The topological polar surface area (TPSA) is 60.9 Å². The average Bonchev–Trinajstić information content (AvgIpc) is 2.47. The van der Waals surface area contributed by atoms with Gasteiger partial charge in [0.15, 0.2) is 0 Å². The van der Waals surface area contributed by atoms with Crippen molar-refractivity contribution in [2.45, 2.75) is 18.7 Å². The van der Waals surface area contributed by atoms with Gasteiger partial charge in [-0.3, -0.25) is 4.90 Å². The molecule has 1 atom stereocenters. The van der Waals surface area contributed by atoms with Crippen LogP contribution >= 0.6 is 0 Å². The summed E-state index contributed by atoms with van der Waals surface area (Å²) < 4.78 is 26.3. The van der Waals surface area contributed by atoms with Gasteiger partial charge < -0.3 is 5.11 Å². The highest BCUT2D eigenvalue weighted by Crippen LogP contribution is 2.14. The zero-order valence-electron chi connectivity index (χ0n) is 11.8. The minimum atomic E-state index is -3.25. The predicted octanol–water partition coefficient (Wildman–Crippen LogP) is 0.515. The SMILES string of the molecule is CC(CO)N1CCN(S(=O)(=O)Cc2ccccc2)CC1. The fourth-order valence-corrected chi connectivity index (χ4v) is 3.93. The lowest BCUT2D eigenvalue weighted by Crippen LogP contribution is -2.52. The molecule has 0 radical (unpaired) electrons. The summed E-state index contributed by atoms with van der Waals surface area (Å²) >= 11 is 0. The molecule has 6 heteroatoms. The summed E-state index contributed by atoms with van der Waals surface area (Å²) in [5.74, 6) is 0.0589. The largest absolute Gasteiger partial charge is 0.395 e. The van der Waals surface area contributed by atoms with Crippen molar-refractivity contribution in [2.75, 3.05) is 32.8 Å². The van der Waals surface area contributed by atoms with Gasteiger partial charge in [-0.05, 0) is 12.5 Å². The highest BCUT2D eigenvalue weighted by atomic mass is 32.2. The zero-order valence-corrected chi connectivity index (χ0v) is 12.6. The maximum atomic E-state index is 12.4. The molecular formula is C14H22N2O3S. The van der Waals surface area contributed by atoms with Gasteiger partial charge in [-0.25, -0.2) is 8.42 Å². The van der Waals surface area contributed by atoms with Crippen LogP contribution in [0.2, 0.25) is 0 Å². The Morgan fingerprint density at radius 3 is 2.30 bits per heavy atom. The molecule has 20 heavy (non-hydrogen) atoms. The van der Waals surface area contributed by atoms with E-state index in [0.717, 1.165) is 5.56 Å². The molecule has 1 saturated heterocycles. The molecule has 2 rings (SSSR count). The number of benzene rings is 1. The third-order valence-corrected chi connectivity index (χ3v) is 5.60. The van der Waals surface area contributed by atoms with Crippen LogP contribution in [-0.4, -0.2) is 61.6 Å². The molecular weight excluding hydrogens is 276 g/mol. The molecule has 1 aromatic carbocycles. The number of rotatable bonds is 5. The summed E-state index contributed by atoms with van der Waals surface area (Å²) in [6.07, 6.45) is 0. The Morgan fingerprint density at radius 2 is 1.75 bits per heavy atom. The summed E-state index contributed by atoms with van der Waals surface area (Å²) in [7, 11) is -3.25. The molecule has 0 aliphatic carbocycles. The van der Waals surface area contributed by atoms with Crippen molar-refractivity contribution in [3.8, 4) is 0 Å². The molecule has 1 aliphatic heterocycles. The Bertz CT molecular complexity index is 510. The maximum Gasteiger partial charge on any atom is 0.218 e. The zero-order chi connectivity index (χ0) is 14.6. The minimum Gasteiger partial charge on any atom is -0.395 e. The molecule has 1 aliphatic rings. The number of sulfonamides is 1. The van der Waals surface area contributed by atoms with Gasteiger partial charge in [0, 0.05) is 32.2 Å². The van der Waals surface area contributed by atoms with Crippen LogP contribution in [0.4, 0.5) is 0 Å². The van der Waals surface area contributed by atoms with E-state index in [4.69, 9.17) is 5.11 Å². The normalized spacial score (nSPS) is 19.9. The summed E-state index contributed by atoms with van der Waals surface area (Å²) in [5.41, 5.74) is 0.818. The highest BCUT2D eigenvalue weighted by Gasteiger charge is 2.28. The van der Waals surface area contributed by atoms with Crippen molar-refractivity contribution in [1.29, 1.82) is 0 Å². The predicted molar refractivity (Wildman–Crippen MR) is 78.8 cm³/mol. The van der Waals surface area contributed by atoms with E-state index in [0.29, 0.717) is 26.2 Å².